The van der Waals surface area contributed by atoms with Gasteiger partial charge in [-0.1, -0.05) is 118 Å². The highest BCUT2D eigenvalue weighted by Crippen LogP contribution is 2.30. The number of hydrogen-bond acceptors (Lipinski definition) is 0. The third kappa shape index (κ3) is 18.4. The van der Waals surface area contributed by atoms with Crippen molar-refractivity contribution in [2.45, 2.75) is 208 Å². The van der Waals surface area contributed by atoms with Crippen molar-refractivity contribution >= 4 is 0 Å². The van der Waals surface area contributed by atoms with Gasteiger partial charge in [0.25, 0.3) is 0 Å². The zero-order chi connectivity index (χ0) is 31.8. The van der Waals surface area contributed by atoms with Crippen LogP contribution in [0.25, 0.3) is 0 Å². The standard InChI is InChI=1S/C42H74N2.2ClH/c1-7-11-25-39(26-12-8-2)41-29-33-43(35-37(41)5)31-23-21-19-17-15-16-18-20-22-24-32-44-34-30-42(38(6)36-44)40(27-13-9-3)28-14-10-4;;/h29-30,33-36,39-40H,7-28,31-32H2,1-6H3;2*1H/q+2;;/p-2. The highest BCUT2D eigenvalue weighted by Gasteiger charge is 2.17. The van der Waals surface area contributed by atoms with E-state index in [1.807, 2.05) is 0 Å². The van der Waals surface area contributed by atoms with Crippen LogP contribution in [0.4, 0.5) is 0 Å². The lowest BCUT2D eigenvalue weighted by molar-refractivity contribution is -0.697. The van der Waals surface area contributed by atoms with Crippen molar-refractivity contribution in [1.82, 2.24) is 0 Å². The first-order chi connectivity index (χ1) is 21.5. The van der Waals surface area contributed by atoms with Crippen LogP contribution < -0.4 is 33.9 Å². The summed E-state index contributed by atoms with van der Waals surface area (Å²) < 4.78 is 4.89. The van der Waals surface area contributed by atoms with Crippen LogP contribution in [0, 0.1) is 13.8 Å². The van der Waals surface area contributed by atoms with Gasteiger partial charge in [0.05, 0.1) is 0 Å². The maximum atomic E-state index is 2.45. The zero-order valence-corrected chi connectivity index (χ0v) is 32.8. The third-order valence-corrected chi connectivity index (χ3v) is 10.1. The van der Waals surface area contributed by atoms with Crippen LogP contribution in [0.5, 0.6) is 0 Å². The smallest absolute Gasteiger partial charge is 0.171 e. The molecule has 0 aliphatic heterocycles. The molecule has 2 nitrogen and oxygen atoms in total. The molecule has 0 aliphatic carbocycles. The Morgan fingerprint density at radius 3 is 0.978 bits per heavy atom. The second-order valence-corrected chi connectivity index (χ2v) is 14.1. The summed E-state index contributed by atoms with van der Waals surface area (Å²) in [6.07, 6.45) is 39.5. The lowest BCUT2D eigenvalue weighted by Gasteiger charge is -2.18. The average Bonchev–Trinajstić information content (AvgIpc) is 3.02. The van der Waals surface area contributed by atoms with Crippen LogP contribution >= 0.6 is 0 Å². The molecule has 2 aromatic heterocycles. The fraction of sp³-hybridized carbons (Fsp3) is 0.762. The average molecular weight is 678 g/mol. The molecule has 0 spiro atoms. The normalized spacial score (nSPS) is 11.2. The summed E-state index contributed by atoms with van der Waals surface area (Å²) >= 11 is 0. The predicted octanol–water partition coefficient (Wildman–Crippen LogP) is 6.42. The maximum absolute atomic E-state index is 2.45. The van der Waals surface area contributed by atoms with Gasteiger partial charge in [0, 0.05) is 36.1 Å². The van der Waals surface area contributed by atoms with Crippen molar-refractivity contribution in [2.24, 2.45) is 0 Å². The molecule has 0 atom stereocenters. The number of aryl methyl sites for hydroxylation is 4. The Balaban J connectivity index is 0.0000101. The number of pyridine rings is 2. The van der Waals surface area contributed by atoms with E-state index in [1.165, 1.54) is 165 Å². The molecule has 2 aromatic rings. The molecular formula is C42H74Cl2N2. The molecule has 46 heavy (non-hydrogen) atoms. The van der Waals surface area contributed by atoms with Gasteiger partial charge in [0.1, 0.15) is 13.1 Å². The minimum atomic E-state index is 0. The fourth-order valence-corrected chi connectivity index (χ4v) is 7.26. The second-order valence-electron chi connectivity index (χ2n) is 14.1. The lowest BCUT2D eigenvalue weighted by atomic mass is 9.87. The number of aromatic nitrogens is 2. The second kappa shape index (κ2) is 28.9. The van der Waals surface area contributed by atoms with Gasteiger partial charge in [0.2, 0.25) is 0 Å². The Kier molecular flexibility index (Phi) is 28.2. The van der Waals surface area contributed by atoms with Gasteiger partial charge in [-0.25, -0.2) is 9.13 Å². The van der Waals surface area contributed by atoms with Crippen molar-refractivity contribution in [3.8, 4) is 0 Å². The number of rotatable bonds is 27. The Hall–Kier alpha value is -1.12. The van der Waals surface area contributed by atoms with Gasteiger partial charge in [0.15, 0.2) is 24.8 Å². The van der Waals surface area contributed by atoms with Gasteiger partial charge in [-0.2, -0.15) is 0 Å². The van der Waals surface area contributed by atoms with Gasteiger partial charge in [-0.15, -0.1) is 0 Å². The minimum Gasteiger partial charge on any atom is -1.00 e. The van der Waals surface area contributed by atoms with E-state index in [0.29, 0.717) is 0 Å². The maximum Gasteiger partial charge on any atom is 0.171 e. The van der Waals surface area contributed by atoms with E-state index in [2.05, 4.69) is 87.6 Å². The molecule has 4 heteroatoms. The van der Waals surface area contributed by atoms with E-state index in [4.69, 9.17) is 0 Å². The monoisotopic (exact) mass is 677 g/mol. The highest BCUT2D eigenvalue weighted by molar-refractivity contribution is 5.25. The first kappa shape index (κ1) is 44.9. The Labute approximate surface area is 299 Å². The number of unbranched alkanes of at least 4 members (excludes halogenated alkanes) is 13. The summed E-state index contributed by atoms with van der Waals surface area (Å²) in [5.41, 5.74) is 6.23. The van der Waals surface area contributed by atoms with E-state index < -0.39 is 0 Å². The zero-order valence-electron chi connectivity index (χ0n) is 31.2. The van der Waals surface area contributed by atoms with Crippen LogP contribution in [-0.2, 0) is 13.1 Å². The molecule has 0 bridgehead atoms. The van der Waals surface area contributed by atoms with E-state index in [9.17, 15) is 0 Å². The number of nitrogens with zero attached hydrogens (tertiary/aromatic N) is 2. The minimum absolute atomic E-state index is 0. The van der Waals surface area contributed by atoms with Crippen LogP contribution in [-0.4, -0.2) is 0 Å². The van der Waals surface area contributed by atoms with Crippen molar-refractivity contribution in [1.29, 1.82) is 0 Å². The van der Waals surface area contributed by atoms with Crippen molar-refractivity contribution < 1.29 is 33.9 Å². The summed E-state index contributed by atoms with van der Waals surface area (Å²) in [6.45, 7) is 16.3. The highest BCUT2D eigenvalue weighted by atomic mass is 35.5. The predicted molar refractivity (Wildman–Crippen MR) is 192 cm³/mol. The molecule has 0 unspecified atom stereocenters. The fourth-order valence-electron chi connectivity index (χ4n) is 7.26. The Morgan fingerprint density at radius 1 is 0.435 bits per heavy atom. The summed E-state index contributed by atoms with van der Waals surface area (Å²) in [4.78, 5) is 0. The van der Waals surface area contributed by atoms with E-state index in [0.717, 1.165) is 11.8 Å². The van der Waals surface area contributed by atoms with Crippen molar-refractivity contribution in [3.05, 3.63) is 59.2 Å². The molecule has 0 saturated heterocycles. The molecule has 266 valence electrons. The summed E-state index contributed by atoms with van der Waals surface area (Å²) in [6, 6.07) is 4.89. The van der Waals surface area contributed by atoms with Crippen LogP contribution in [0.2, 0.25) is 0 Å². The summed E-state index contributed by atoms with van der Waals surface area (Å²) in [5, 5.41) is 0. The summed E-state index contributed by atoms with van der Waals surface area (Å²) in [5.74, 6) is 1.52. The van der Waals surface area contributed by atoms with Gasteiger partial charge >= 0.3 is 0 Å². The molecule has 2 heterocycles. The molecule has 0 amide bonds. The third-order valence-electron chi connectivity index (χ3n) is 10.1. The molecule has 0 radical (unpaired) electrons. The van der Waals surface area contributed by atoms with Gasteiger partial charge < -0.3 is 24.8 Å². The molecule has 0 N–H and O–H groups in total. The first-order valence-electron chi connectivity index (χ1n) is 19.5. The Bertz CT molecular complexity index is 896. The van der Waals surface area contributed by atoms with E-state index in [1.54, 1.807) is 11.1 Å². The molecule has 0 fully saturated rings. The van der Waals surface area contributed by atoms with Crippen LogP contribution in [0.15, 0.2) is 36.9 Å². The number of hydrogen-bond donors (Lipinski definition) is 0. The van der Waals surface area contributed by atoms with Gasteiger partial charge in [-0.3, -0.25) is 0 Å². The lowest BCUT2D eigenvalue weighted by Crippen LogP contribution is -3.00. The van der Waals surface area contributed by atoms with Crippen molar-refractivity contribution in [2.75, 3.05) is 0 Å². The molecular weight excluding hydrogens is 603 g/mol. The quantitative estimate of drug-likeness (QED) is 0.0763. The largest absolute Gasteiger partial charge is 1.00 e. The summed E-state index contributed by atoms with van der Waals surface area (Å²) in [7, 11) is 0. The van der Waals surface area contributed by atoms with E-state index >= 15 is 0 Å². The molecule has 0 saturated carbocycles. The SMILES string of the molecule is CCCCC(CCCC)c1cc[n+](CCCCCCCCCCCC[n+]2ccc(C(CCCC)CCCC)c(C)c2)cc1C.[Cl-].[Cl-]. The molecule has 2 rings (SSSR count). The molecule has 0 aliphatic rings. The van der Waals surface area contributed by atoms with Crippen LogP contribution in [0.1, 0.15) is 203 Å². The van der Waals surface area contributed by atoms with Gasteiger partial charge in [-0.05, 0) is 75.3 Å². The Morgan fingerprint density at radius 2 is 0.717 bits per heavy atom. The topological polar surface area (TPSA) is 7.76 Å². The van der Waals surface area contributed by atoms with Crippen LogP contribution in [0.3, 0.4) is 0 Å². The number of halogens is 2. The first-order valence-corrected chi connectivity index (χ1v) is 19.5. The molecule has 0 aromatic carbocycles. The van der Waals surface area contributed by atoms with Crippen molar-refractivity contribution in [3.63, 3.8) is 0 Å². The van der Waals surface area contributed by atoms with E-state index in [-0.39, 0.29) is 24.8 Å².